The van der Waals surface area contributed by atoms with Crippen molar-refractivity contribution in [3.8, 4) is 0 Å². The summed E-state index contributed by atoms with van der Waals surface area (Å²) in [5.74, 6) is 1.11. The third-order valence-corrected chi connectivity index (χ3v) is 3.40. The van der Waals surface area contributed by atoms with Crippen LogP contribution in [0.3, 0.4) is 0 Å². The van der Waals surface area contributed by atoms with Crippen molar-refractivity contribution >= 4 is 5.91 Å². The summed E-state index contributed by atoms with van der Waals surface area (Å²) in [4.78, 5) is 29.3. The van der Waals surface area contributed by atoms with Gasteiger partial charge in [0.2, 0.25) is 5.91 Å². The molecule has 8 heteroatoms. The van der Waals surface area contributed by atoms with E-state index in [9.17, 15) is 9.59 Å². The van der Waals surface area contributed by atoms with E-state index in [-0.39, 0.29) is 11.6 Å². The second-order valence-corrected chi connectivity index (χ2v) is 5.22. The number of carbonyl (C=O) groups is 1. The van der Waals surface area contributed by atoms with Crippen LogP contribution in [0.5, 0.6) is 0 Å². The number of amides is 1. The van der Waals surface area contributed by atoms with Gasteiger partial charge in [-0.15, -0.1) is 0 Å². The maximum atomic E-state index is 11.8. The lowest BCUT2D eigenvalue weighted by Gasteiger charge is -2.20. The zero-order chi connectivity index (χ0) is 14.5. The van der Waals surface area contributed by atoms with Crippen LogP contribution in [0.25, 0.3) is 0 Å². The summed E-state index contributed by atoms with van der Waals surface area (Å²) in [5.41, 5.74) is -0.296. The Labute approximate surface area is 117 Å². The van der Waals surface area contributed by atoms with Crippen molar-refractivity contribution in [3.63, 3.8) is 0 Å². The summed E-state index contributed by atoms with van der Waals surface area (Å²) in [6.45, 7) is 3.35. The highest BCUT2D eigenvalue weighted by molar-refractivity contribution is 5.78. The van der Waals surface area contributed by atoms with Gasteiger partial charge in [0, 0.05) is 33.2 Å². The summed E-state index contributed by atoms with van der Waals surface area (Å²) in [6.07, 6.45) is 0.575. The third kappa shape index (κ3) is 3.91. The molecule has 0 radical (unpaired) electrons. The molecular formula is C12H21N5O3. The molecule has 8 nitrogen and oxygen atoms in total. The number of likely N-dealkylation sites (tertiary alicyclic amines) is 1. The minimum atomic E-state index is -0.296. The predicted octanol–water partition coefficient (Wildman–Crippen LogP) is -0.975. The molecular weight excluding hydrogens is 262 g/mol. The fraction of sp³-hybridized carbons (Fsp3) is 0.750. The van der Waals surface area contributed by atoms with Crippen LogP contribution >= 0.6 is 0 Å². The molecule has 0 bridgehead atoms. The van der Waals surface area contributed by atoms with Crippen molar-refractivity contribution < 1.29 is 9.53 Å². The van der Waals surface area contributed by atoms with Gasteiger partial charge in [0.05, 0.1) is 13.2 Å². The predicted molar refractivity (Wildman–Crippen MR) is 72.1 cm³/mol. The Kier molecular flexibility index (Phi) is 4.91. The number of aromatic amines is 2. The van der Waals surface area contributed by atoms with Crippen LogP contribution in [0.4, 0.5) is 0 Å². The first-order valence-electron chi connectivity index (χ1n) is 6.67. The maximum absolute atomic E-state index is 11.8. The summed E-state index contributed by atoms with van der Waals surface area (Å²) in [7, 11) is 3.59. The quantitative estimate of drug-likeness (QED) is 0.671. The third-order valence-electron chi connectivity index (χ3n) is 3.40. The molecule has 1 aromatic rings. The first kappa shape index (κ1) is 14.7. The van der Waals surface area contributed by atoms with Gasteiger partial charge in [0.25, 0.3) is 0 Å². The largest absolute Gasteiger partial charge is 0.383 e. The van der Waals surface area contributed by atoms with Crippen LogP contribution in [0, 0.1) is 5.92 Å². The zero-order valence-electron chi connectivity index (χ0n) is 11.9. The van der Waals surface area contributed by atoms with Crippen LogP contribution < -0.4 is 5.69 Å². The van der Waals surface area contributed by atoms with Crippen molar-refractivity contribution in [1.82, 2.24) is 25.0 Å². The minimum Gasteiger partial charge on any atom is -0.383 e. The van der Waals surface area contributed by atoms with Gasteiger partial charge in [0.15, 0.2) is 0 Å². The number of hydrogen-bond acceptors (Lipinski definition) is 5. The van der Waals surface area contributed by atoms with Gasteiger partial charge in [0.1, 0.15) is 5.82 Å². The van der Waals surface area contributed by atoms with Gasteiger partial charge in [-0.3, -0.25) is 14.7 Å². The molecule has 0 saturated carbocycles. The van der Waals surface area contributed by atoms with Gasteiger partial charge in [-0.2, -0.15) is 5.10 Å². The fourth-order valence-corrected chi connectivity index (χ4v) is 2.53. The Bertz CT molecular complexity index is 497. The van der Waals surface area contributed by atoms with Crippen molar-refractivity contribution in [1.29, 1.82) is 0 Å². The highest BCUT2D eigenvalue weighted by Gasteiger charge is 2.29. The van der Waals surface area contributed by atoms with E-state index in [1.54, 1.807) is 7.11 Å². The molecule has 1 amide bonds. The summed E-state index contributed by atoms with van der Waals surface area (Å²) in [5, 5.41) is 6.21. The van der Waals surface area contributed by atoms with E-state index in [0.29, 0.717) is 37.9 Å². The summed E-state index contributed by atoms with van der Waals surface area (Å²) >= 11 is 0. The van der Waals surface area contributed by atoms with Crippen molar-refractivity contribution in [2.45, 2.75) is 13.0 Å². The number of ether oxygens (including phenoxy) is 1. The molecule has 1 aliphatic rings. The topological polar surface area (TPSA) is 94.3 Å². The normalized spacial score (nSPS) is 19.2. The van der Waals surface area contributed by atoms with Gasteiger partial charge >= 0.3 is 5.69 Å². The molecule has 2 rings (SSSR count). The second kappa shape index (κ2) is 6.67. The molecule has 2 N–H and O–H groups in total. The zero-order valence-corrected chi connectivity index (χ0v) is 11.9. The van der Waals surface area contributed by atoms with Crippen LogP contribution in [0.1, 0.15) is 12.2 Å². The molecule has 1 atom stereocenters. The number of carbonyl (C=O) groups excluding carboxylic acids is 1. The van der Waals surface area contributed by atoms with Gasteiger partial charge < -0.3 is 9.64 Å². The van der Waals surface area contributed by atoms with Gasteiger partial charge in [-0.05, 0) is 13.0 Å². The van der Waals surface area contributed by atoms with E-state index in [1.807, 2.05) is 11.9 Å². The molecule has 0 aliphatic carbocycles. The Balaban J connectivity index is 1.79. The average Bonchev–Trinajstić information content (AvgIpc) is 2.93. The summed E-state index contributed by atoms with van der Waals surface area (Å²) < 4.78 is 5.00. The Hall–Kier alpha value is -1.67. The Morgan fingerprint density at radius 1 is 1.50 bits per heavy atom. The smallest absolute Gasteiger partial charge is 0.340 e. The standard InChI is InChI=1S/C12H21N5O3/c1-16(8-10-13-12(19)15-14-10)6-9-5-11(18)17(7-9)3-4-20-2/h9H,3-8H2,1-2H3,(H2,13,14,15,19). The molecule has 1 fully saturated rings. The number of aromatic nitrogens is 3. The highest BCUT2D eigenvalue weighted by Crippen LogP contribution is 2.18. The SMILES string of the molecule is COCCN1CC(CN(C)Cc2n[nH]c(=O)[nH]2)CC1=O. The highest BCUT2D eigenvalue weighted by atomic mass is 16.5. The number of H-pyrrole nitrogens is 2. The van der Waals surface area contributed by atoms with Gasteiger partial charge in [-0.25, -0.2) is 9.89 Å². The molecule has 112 valence electrons. The van der Waals surface area contributed by atoms with Crippen LogP contribution in [-0.4, -0.2) is 71.3 Å². The maximum Gasteiger partial charge on any atom is 0.340 e. The molecule has 2 heterocycles. The van der Waals surface area contributed by atoms with E-state index in [1.165, 1.54) is 0 Å². The van der Waals surface area contributed by atoms with Crippen LogP contribution in [0.15, 0.2) is 4.79 Å². The average molecular weight is 283 g/mol. The molecule has 20 heavy (non-hydrogen) atoms. The fourth-order valence-electron chi connectivity index (χ4n) is 2.53. The molecule has 0 aromatic carbocycles. The van der Waals surface area contributed by atoms with Crippen molar-refractivity contribution in [2.24, 2.45) is 5.92 Å². The van der Waals surface area contributed by atoms with Crippen LogP contribution in [0.2, 0.25) is 0 Å². The summed E-state index contributed by atoms with van der Waals surface area (Å²) in [6, 6.07) is 0. The monoisotopic (exact) mass is 283 g/mol. The minimum absolute atomic E-state index is 0.189. The first-order valence-corrected chi connectivity index (χ1v) is 6.67. The van der Waals surface area contributed by atoms with E-state index >= 15 is 0 Å². The lowest BCUT2D eigenvalue weighted by molar-refractivity contribution is -0.128. The number of hydrogen-bond donors (Lipinski definition) is 2. The van der Waals surface area contributed by atoms with Crippen molar-refractivity contribution in [3.05, 3.63) is 16.3 Å². The number of nitrogens with one attached hydrogen (secondary N) is 2. The van der Waals surface area contributed by atoms with E-state index in [2.05, 4.69) is 20.1 Å². The number of rotatable bonds is 7. The number of methoxy groups -OCH3 is 1. The van der Waals surface area contributed by atoms with Gasteiger partial charge in [-0.1, -0.05) is 0 Å². The van der Waals surface area contributed by atoms with E-state index in [4.69, 9.17) is 4.74 Å². The molecule has 1 saturated heterocycles. The molecule has 1 unspecified atom stereocenters. The van der Waals surface area contributed by atoms with Crippen LogP contribution in [-0.2, 0) is 16.1 Å². The lowest BCUT2D eigenvalue weighted by atomic mass is 10.1. The van der Waals surface area contributed by atoms with E-state index < -0.39 is 0 Å². The molecule has 0 spiro atoms. The Morgan fingerprint density at radius 2 is 2.30 bits per heavy atom. The van der Waals surface area contributed by atoms with Crippen molar-refractivity contribution in [2.75, 3.05) is 40.4 Å². The molecule has 1 aromatic heterocycles. The first-order chi connectivity index (χ1) is 9.58. The second-order valence-electron chi connectivity index (χ2n) is 5.22. The number of nitrogens with zero attached hydrogens (tertiary/aromatic N) is 3. The Morgan fingerprint density at radius 3 is 2.95 bits per heavy atom. The lowest BCUT2D eigenvalue weighted by Crippen LogP contribution is -2.31. The molecule has 1 aliphatic heterocycles. The van der Waals surface area contributed by atoms with E-state index in [0.717, 1.165) is 13.1 Å².